The summed E-state index contributed by atoms with van der Waals surface area (Å²) in [5.41, 5.74) is -0.830. The van der Waals surface area contributed by atoms with E-state index in [1.807, 2.05) is 0 Å². The molecule has 1 saturated heterocycles. The van der Waals surface area contributed by atoms with Crippen LogP contribution < -0.4 is 5.32 Å². The van der Waals surface area contributed by atoms with Gasteiger partial charge in [0.05, 0.1) is 23.7 Å². The molecule has 9 heteroatoms. The van der Waals surface area contributed by atoms with Crippen molar-refractivity contribution in [1.82, 2.24) is 15.1 Å². The summed E-state index contributed by atoms with van der Waals surface area (Å²) in [6, 6.07) is -0.729. The van der Waals surface area contributed by atoms with Crippen LogP contribution in [-0.2, 0) is 22.6 Å². The standard InChI is InChI=1S/C10H14F3N3O2S/c1-14-4-7-5-15-16(9(7)10(11,12)13)8-2-3-19(17,18)6-8/h5,8,14H,2-4,6H2,1H3. The van der Waals surface area contributed by atoms with Crippen LogP contribution in [-0.4, -0.2) is 36.8 Å². The first-order valence-corrected chi connectivity index (χ1v) is 7.55. The van der Waals surface area contributed by atoms with Gasteiger partial charge in [-0.1, -0.05) is 0 Å². The van der Waals surface area contributed by atoms with Gasteiger partial charge in [0.2, 0.25) is 0 Å². The highest BCUT2D eigenvalue weighted by molar-refractivity contribution is 7.91. The highest BCUT2D eigenvalue weighted by Gasteiger charge is 2.41. The normalized spacial score (nSPS) is 22.8. The summed E-state index contributed by atoms with van der Waals surface area (Å²) in [7, 11) is -1.71. The molecule has 1 aliphatic heterocycles. The third kappa shape index (κ3) is 2.92. The summed E-state index contributed by atoms with van der Waals surface area (Å²) in [5, 5.41) is 6.39. The average Bonchev–Trinajstić information content (AvgIpc) is 2.81. The monoisotopic (exact) mass is 297 g/mol. The Labute approximate surface area is 108 Å². The molecule has 0 spiro atoms. The molecular formula is C10H14F3N3O2S. The minimum absolute atomic E-state index is 0.0271. The van der Waals surface area contributed by atoms with Crippen molar-refractivity contribution < 1.29 is 21.6 Å². The molecular weight excluding hydrogens is 283 g/mol. The van der Waals surface area contributed by atoms with E-state index in [0.29, 0.717) is 0 Å². The Bertz CT molecular complexity index is 565. The van der Waals surface area contributed by atoms with Gasteiger partial charge >= 0.3 is 6.18 Å². The maximum absolute atomic E-state index is 13.1. The number of hydrogen-bond donors (Lipinski definition) is 1. The second-order valence-electron chi connectivity index (χ2n) is 4.55. The fourth-order valence-electron chi connectivity index (χ4n) is 2.27. The Balaban J connectivity index is 2.41. The fraction of sp³-hybridized carbons (Fsp3) is 0.700. The van der Waals surface area contributed by atoms with E-state index >= 15 is 0 Å². The van der Waals surface area contributed by atoms with Gasteiger partial charge in [-0.05, 0) is 13.5 Å². The lowest BCUT2D eigenvalue weighted by Crippen LogP contribution is -2.22. The molecule has 5 nitrogen and oxygen atoms in total. The Kier molecular flexibility index (Phi) is 3.61. The second-order valence-corrected chi connectivity index (χ2v) is 6.78. The number of aromatic nitrogens is 2. The molecule has 1 unspecified atom stereocenters. The molecule has 1 fully saturated rings. The molecule has 1 aliphatic rings. The highest BCUT2D eigenvalue weighted by atomic mass is 32.2. The highest BCUT2D eigenvalue weighted by Crippen LogP contribution is 2.35. The first-order chi connectivity index (χ1) is 8.74. The number of halogens is 3. The number of hydrogen-bond acceptors (Lipinski definition) is 4. The van der Waals surface area contributed by atoms with E-state index in [9.17, 15) is 21.6 Å². The van der Waals surface area contributed by atoms with Crippen LogP contribution in [0.25, 0.3) is 0 Å². The third-order valence-corrected chi connectivity index (χ3v) is 4.81. The van der Waals surface area contributed by atoms with Crippen LogP contribution in [0.2, 0.25) is 0 Å². The molecule has 1 N–H and O–H groups in total. The van der Waals surface area contributed by atoms with E-state index in [1.54, 1.807) is 0 Å². The zero-order valence-electron chi connectivity index (χ0n) is 10.2. The van der Waals surface area contributed by atoms with Gasteiger partial charge in [-0.3, -0.25) is 4.68 Å². The molecule has 0 bridgehead atoms. The minimum Gasteiger partial charge on any atom is -0.316 e. The molecule has 0 aliphatic carbocycles. The SMILES string of the molecule is CNCc1cnn(C2CCS(=O)(=O)C2)c1C(F)(F)F. The van der Waals surface area contributed by atoms with Crippen LogP contribution in [0.4, 0.5) is 13.2 Å². The number of rotatable bonds is 3. The molecule has 2 rings (SSSR count). The fourth-order valence-corrected chi connectivity index (χ4v) is 3.97. The lowest BCUT2D eigenvalue weighted by Gasteiger charge is -2.16. The van der Waals surface area contributed by atoms with Crippen LogP contribution in [0.15, 0.2) is 6.20 Å². The predicted octanol–water partition coefficient (Wildman–Crippen LogP) is 0.981. The average molecular weight is 297 g/mol. The van der Waals surface area contributed by atoms with Gasteiger partial charge in [-0.15, -0.1) is 0 Å². The first kappa shape index (κ1) is 14.3. The number of nitrogens with zero attached hydrogens (tertiary/aromatic N) is 2. The smallest absolute Gasteiger partial charge is 0.316 e. The van der Waals surface area contributed by atoms with E-state index in [1.165, 1.54) is 7.05 Å². The van der Waals surface area contributed by atoms with Crippen LogP contribution in [0.5, 0.6) is 0 Å². The quantitative estimate of drug-likeness (QED) is 0.903. The van der Waals surface area contributed by atoms with Crippen molar-refractivity contribution in [3.8, 4) is 0 Å². The summed E-state index contributed by atoms with van der Waals surface area (Å²) in [5.74, 6) is -0.368. The zero-order chi connectivity index (χ0) is 14.3. The molecule has 0 radical (unpaired) electrons. The maximum Gasteiger partial charge on any atom is 0.433 e. The van der Waals surface area contributed by atoms with Gasteiger partial charge in [0.1, 0.15) is 5.69 Å². The van der Waals surface area contributed by atoms with E-state index in [2.05, 4.69) is 10.4 Å². The van der Waals surface area contributed by atoms with Gasteiger partial charge in [0, 0.05) is 12.1 Å². The maximum atomic E-state index is 13.1. The number of nitrogens with one attached hydrogen (secondary N) is 1. The van der Waals surface area contributed by atoms with Crippen molar-refractivity contribution in [2.24, 2.45) is 0 Å². The van der Waals surface area contributed by atoms with Crippen molar-refractivity contribution >= 4 is 9.84 Å². The van der Waals surface area contributed by atoms with Crippen molar-refractivity contribution in [2.75, 3.05) is 18.6 Å². The van der Waals surface area contributed by atoms with Gasteiger partial charge in [-0.25, -0.2) is 8.42 Å². The van der Waals surface area contributed by atoms with E-state index < -0.39 is 27.7 Å². The second kappa shape index (κ2) is 4.78. The van der Waals surface area contributed by atoms with Crippen LogP contribution in [0.3, 0.4) is 0 Å². The summed E-state index contributed by atoms with van der Waals surface area (Å²) in [6.07, 6.45) is -3.23. The molecule has 1 aromatic rings. The Morgan fingerprint density at radius 1 is 1.53 bits per heavy atom. The zero-order valence-corrected chi connectivity index (χ0v) is 11.1. The summed E-state index contributed by atoms with van der Waals surface area (Å²) in [6.45, 7) is 0.0360. The van der Waals surface area contributed by atoms with Crippen LogP contribution in [0, 0.1) is 0 Å². The Morgan fingerprint density at radius 2 is 2.21 bits per heavy atom. The molecule has 0 amide bonds. The van der Waals surface area contributed by atoms with E-state index in [0.717, 1.165) is 10.9 Å². The van der Waals surface area contributed by atoms with E-state index in [4.69, 9.17) is 0 Å². The molecule has 0 saturated carbocycles. The van der Waals surface area contributed by atoms with Gasteiger partial charge in [0.15, 0.2) is 9.84 Å². The van der Waals surface area contributed by atoms with E-state index in [-0.39, 0.29) is 30.0 Å². The van der Waals surface area contributed by atoms with Gasteiger partial charge < -0.3 is 5.32 Å². The minimum atomic E-state index is -4.55. The van der Waals surface area contributed by atoms with Crippen molar-refractivity contribution in [1.29, 1.82) is 0 Å². The topological polar surface area (TPSA) is 64.0 Å². The largest absolute Gasteiger partial charge is 0.433 e. The molecule has 1 atom stereocenters. The Hall–Kier alpha value is -1.09. The summed E-state index contributed by atoms with van der Waals surface area (Å²) in [4.78, 5) is 0. The molecule has 2 heterocycles. The predicted molar refractivity (Wildman–Crippen MR) is 62.3 cm³/mol. The van der Waals surface area contributed by atoms with Crippen LogP contribution >= 0.6 is 0 Å². The van der Waals surface area contributed by atoms with Crippen LogP contribution in [0.1, 0.15) is 23.7 Å². The summed E-state index contributed by atoms with van der Waals surface area (Å²) >= 11 is 0. The Morgan fingerprint density at radius 3 is 2.68 bits per heavy atom. The molecule has 19 heavy (non-hydrogen) atoms. The van der Waals surface area contributed by atoms with Crippen molar-refractivity contribution in [3.63, 3.8) is 0 Å². The molecule has 108 valence electrons. The van der Waals surface area contributed by atoms with Crippen molar-refractivity contribution in [2.45, 2.75) is 25.2 Å². The van der Waals surface area contributed by atoms with Crippen molar-refractivity contribution in [3.05, 3.63) is 17.5 Å². The summed E-state index contributed by atoms with van der Waals surface area (Å²) < 4.78 is 62.8. The molecule has 1 aromatic heterocycles. The first-order valence-electron chi connectivity index (χ1n) is 5.73. The van der Waals surface area contributed by atoms with Gasteiger partial charge in [-0.2, -0.15) is 18.3 Å². The number of sulfone groups is 1. The van der Waals surface area contributed by atoms with Gasteiger partial charge in [0.25, 0.3) is 0 Å². The number of alkyl halides is 3. The third-order valence-electron chi connectivity index (χ3n) is 3.06. The molecule has 0 aromatic carbocycles. The lowest BCUT2D eigenvalue weighted by molar-refractivity contribution is -0.145. The lowest BCUT2D eigenvalue weighted by atomic mass is 10.2.